The van der Waals surface area contributed by atoms with Gasteiger partial charge in [0.25, 0.3) is 0 Å². The number of hydrogen-bond donors (Lipinski definition) is 1. The van der Waals surface area contributed by atoms with E-state index in [1.165, 1.54) is 5.56 Å². The Labute approximate surface area is 177 Å². The molecule has 0 bridgehead atoms. The van der Waals surface area contributed by atoms with E-state index in [1.807, 2.05) is 84.9 Å². The molecule has 0 aliphatic carbocycles. The van der Waals surface area contributed by atoms with E-state index in [0.29, 0.717) is 6.54 Å². The van der Waals surface area contributed by atoms with Gasteiger partial charge in [-0.1, -0.05) is 79.7 Å². The Hall–Kier alpha value is -3.40. The van der Waals surface area contributed by atoms with E-state index >= 15 is 0 Å². The lowest BCUT2D eigenvalue weighted by molar-refractivity contribution is -0.126. The summed E-state index contributed by atoms with van der Waals surface area (Å²) in [6, 6.07) is 27.6. The maximum atomic E-state index is 13.1. The summed E-state index contributed by atoms with van der Waals surface area (Å²) in [7, 11) is 0. The van der Waals surface area contributed by atoms with Crippen LogP contribution in [0, 0.1) is 5.92 Å². The largest absolute Gasteiger partial charge is 0.345 e. The first-order valence-corrected chi connectivity index (χ1v) is 10.4. The Bertz CT molecular complexity index is 961. The van der Waals surface area contributed by atoms with Gasteiger partial charge in [0, 0.05) is 18.7 Å². The molecular weight excluding hydrogens is 372 g/mol. The number of hydrogen-bond acceptors (Lipinski definition) is 2. The van der Waals surface area contributed by atoms with E-state index in [0.717, 1.165) is 23.2 Å². The van der Waals surface area contributed by atoms with Crippen LogP contribution in [-0.4, -0.2) is 18.4 Å². The zero-order chi connectivity index (χ0) is 20.9. The lowest BCUT2D eigenvalue weighted by Crippen LogP contribution is -2.36. The summed E-state index contributed by atoms with van der Waals surface area (Å²) in [4.78, 5) is 27.5. The van der Waals surface area contributed by atoms with Crippen molar-refractivity contribution in [1.29, 1.82) is 0 Å². The highest BCUT2D eigenvalue weighted by Gasteiger charge is 2.36. The van der Waals surface area contributed by atoms with Crippen LogP contribution in [-0.2, 0) is 16.0 Å². The lowest BCUT2D eigenvalue weighted by Gasteiger charge is -2.22. The first-order valence-electron chi connectivity index (χ1n) is 10.4. The summed E-state index contributed by atoms with van der Waals surface area (Å²) in [5.41, 5.74) is 4.13. The van der Waals surface area contributed by atoms with Gasteiger partial charge in [0.1, 0.15) is 0 Å². The molecule has 1 aliphatic rings. The van der Waals surface area contributed by atoms with Crippen LogP contribution in [0.3, 0.4) is 0 Å². The quantitative estimate of drug-likeness (QED) is 0.664. The predicted octanol–water partition coefficient (Wildman–Crippen LogP) is 4.51. The van der Waals surface area contributed by atoms with Crippen LogP contribution in [0.5, 0.6) is 0 Å². The summed E-state index contributed by atoms with van der Waals surface area (Å²) in [6.45, 7) is 2.51. The van der Waals surface area contributed by atoms with E-state index in [2.05, 4.69) is 12.2 Å². The van der Waals surface area contributed by atoms with Crippen LogP contribution in [0.25, 0.3) is 0 Å². The summed E-state index contributed by atoms with van der Waals surface area (Å²) < 4.78 is 0. The molecule has 3 aromatic rings. The van der Waals surface area contributed by atoms with Crippen molar-refractivity contribution < 1.29 is 9.59 Å². The van der Waals surface area contributed by atoms with Crippen LogP contribution >= 0.6 is 0 Å². The number of rotatable bonds is 6. The van der Waals surface area contributed by atoms with Gasteiger partial charge in [-0.05, 0) is 35.2 Å². The number of nitrogens with zero attached hydrogens (tertiary/aromatic N) is 1. The average molecular weight is 399 g/mol. The average Bonchev–Trinajstić information content (AvgIpc) is 3.20. The Morgan fingerprint density at radius 1 is 0.933 bits per heavy atom. The molecule has 1 N–H and O–H groups in total. The summed E-state index contributed by atoms with van der Waals surface area (Å²) in [5, 5.41) is 3.18. The van der Waals surface area contributed by atoms with E-state index in [4.69, 9.17) is 0 Å². The predicted molar refractivity (Wildman–Crippen MR) is 119 cm³/mol. The van der Waals surface area contributed by atoms with Crippen molar-refractivity contribution in [1.82, 2.24) is 5.32 Å². The fourth-order valence-corrected chi connectivity index (χ4v) is 3.95. The van der Waals surface area contributed by atoms with E-state index < -0.39 is 0 Å². The fourth-order valence-electron chi connectivity index (χ4n) is 3.95. The molecule has 0 unspecified atom stereocenters. The van der Waals surface area contributed by atoms with Gasteiger partial charge in [0.15, 0.2) is 0 Å². The van der Waals surface area contributed by atoms with Crippen molar-refractivity contribution >= 4 is 17.5 Å². The van der Waals surface area contributed by atoms with Crippen molar-refractivity contribution in [2.75, 3.05) is 11.4 Å². The van der Waals surface area contributed by atoms with Crippen molar-refractivity contribution in [3.63, 3.8) is 0 Å². The molecule has 1 heterocycles. The SMILES string of the molecule is CCc1ccc(N2C[C@H](C(=O)NC(c3ccccc3)c3ccccc3)CC2=O)cc1. The number of carbonyl (C=O) groups is 2. The maximum absolute atomic E-state index is 13.1. The Morgan fingerprint density at radius 2 is 1.50 bits per heavy atom. The van der Waals surface area contributed by atoms with Crippen molar-refractivity contribution in [2.45, 2.75) is 25.8 Å². The third-order valence-corrected chi connectivity index (χ3v) is 5.70. The van der Waals surface area contributed by atoms with Crippen molar-refractivity contribution in [2.24, 2.45) is 5.92 Å². The van der Waals surface area contributed by atoms with E-state index in [1.54, 1.807) is 4.90 Å². The normalized spacial score (nSPS) is 16.1. The summed E-state index contributed by atoms with van der Waals surface area (Å²) >= 11 is 0. The van der Waals surface area contributed by atoms with E-state index in [-0.39, 0.29) is 30.2 Å². The molecule has 4 nitrogen and oxygen atoms in total. The second-order valence-corrected chi connectivity index (χ2v) is 7.69. The van der Waals surface area contributed by atoms with E-state index in [9.17, 15) is 9.59 Å². The molecule has 4 rings (SSSR count). The molecule has 1 atom stereocenters. The topological polar surface area (TPSA) is 49.4 Å². The zero-order valence-corrected chi connectivity index (χ0v) is 17.1. The molecule has 2 amide bonds. The standard InChI is InChI=1S/C26H26N2O2/c1-2-19-13-15-23(16-14-19)28-18-22(17-24(28)29)26(30)27-25(20-9-5-3-6-10-20)21-11-7-4-8-12-21/h3-16,22,25H,2,17-18H2,1H3,(H,27,30)/t22-/m1/s1. The highest BCUT2D eigenvalue weighted by Crippen LogP contribution is 2.28. The fraction of sp³-hybridized carbons (Fsp3) is 0.231. The molecule has 30 heavy (non-hydrogen) atoms. The highest BCUT2D eigenvalue weighted by molar-refractivity contribution is 6.00. The van der Waals surface area contributed by atoms with Gasteiger partial charge in [-0.25, -0.2) is 0 Å². The van der Waals surface area contributed by atoms with Crippen LogP contribution < -0.4 is 10.2 Å². The minimum Gasteiger partial charge on any atom is -0.345 e. The Balaban J connectivity index is 1.51. The Kier molecular flexibility index (Phi) is 5.94. The summed E-state index contributed by atoms with van der Waals surface area (Å²) in [6.07, 6.45) is 1.19. The third kappa shape index (κ3) is 4.28. The smallest absolute Gasteiger partial charge is 0.227 e. The molecule has 1 saturated heterocycles. The van der Waals surface area contributed by atoms with Crippen LogP contribution in [0.15, 0.2) is 84.9 Å². The minimum absolute atomic E-state index is 0.00429. The van der Waals surface area contributed by atoms with Gasteiger partial charge in [-0.3, -0.25) is 9.59 Å². The third-order valence-electron chi connectivity index (χ3n) is 5.70. The number of nitrogens with one attached hydrogen (secondary N) is 1. The molecule has 0 radical (unpaired) electrons. The molecule has 4 heteroatoms. The van der Waals surface area contributed by atoms with Gasteiger partial charge in [0.2, 0.25) is 11.8 Å². The van der Waals surface area contributed by atoms with Crippen LogP contribution in [0.2, 0.25) is 0 Å². The van der Waals surface area contributed by atoms with Gasteiger partial charge in [-0.15, -0.1) is 0 Å². The lowest BCUT2D eigenvalue weighted by atomic mass is 9.97. The monoisotopic (exact) mass is 398 g/mol. The number of benzene rings is 3. The van der Waals surface area contributed by atoms with Crippen molar-refractivity contribution in [3.8, 4) is 0 Å². The number of carbonyl (C=O) groups excluding carboxylic acids is 2. The molecule has 0 spiro atoms. The molecule has 3 aromatic carbocycles. The molecule has 0 aromatic heterocycles. The molecule has 1 fully saturated rings. The zero-order valence-electron chi connectivity index (χ0n) is 17.1. The second-order valence-electron chi connectivity index (χ2n) is 7.69. The summed E-state index contributed by atoms with van der Waals surface area (Å²) in [5.74, 6) is -0.456. The first-order chi connectivity index (χ1) is 14.7. The van der Waals surface area contributed by atoms with Gasteiger partial charge >= 0.3 is 0 Å². The molecule has 1 aliphatic heterocycles. The number of amides is 2. The highest BCUT2D eigenvalue weighted by atomic mass is 16.2. The number of anilines is 1. The first kappa shape index (κ1) is 19.9. The number of aryl methyl sites for hydroxylation is 1. The van der Waals surface area contributed by atoms with Crippen LogP contribution in [0.4, 0.5) is 5.69 Å². The van der Waals surface area contributed by atoms with Gasteiger partial charge in [-0.2, -0.15) is 0 Å². The van der Waals surface area contributed by atoms with Crippen molar-refractivity contribution in [3.05, 3.63) is 102 Å². The second kappa shape index (κ2) is 8.95. The molecule has 152 valence electrons. The van der Waals surface area contributed by atoms with Crippen LogP contribution in [0.1, 0.15) is 36.1 Å². The van der Waals surface area contributed by atoms with Gasteiger partial charge in [0.05, 0.1) is 12.0 Å². The minimum atomic E-state index is -0.363. The maximum Gasteiger partial charge on any atom is 0.227 e. The Morgan fingerprint density at radius 3 is 2.03 bits per heavy atom. The molecule has 0 saturated carbocycles. The van der Waals surface area contributed by atoms with Gasteiger partial charge < -0.3 is 10.2 Å². The molecular formula is C26H26N2O2.